The predicted molar refractivity (Wildman–Crippen MR) is 189 cm³/mol. The van der Waals surface area contributed by atoms with Gasteiger partial charge in [0, 0.05) is 60.2 Å². The molecule has 2 fully saturated rings. The van der Waals surface area contributed by atoms with Gasteiger partial charge in [-0.25, -0.2) is 14.4 Å². The molecule has 3 N–H and O–H groups in total. The van der Waals surface area contributed by atoms with Crippen molar-refractivity contribution in [2.75, 3.05) is 40.5 Å². The topological polar surface area (TPSA) is 118 Å². The number of methoxy groups -OCH3 is 2. The number of ether oxygens (including phenoxy) is 2. The smallest absolute Gasteiger partial charge is 0.237 e. The first-order valence-electron chi connectivity index (χ1n) is 16.3. The zero-order valence-electron chi connectivity index (χ0n) is 27.6. The lowest BCUT2D eigenvalue weighted by atomic mass is 9.95. The van der Waals surface area contributed by atoms with Gasteiger partial charge in [0.25, 0.3) is 0 Å². The highest BCUT2D eigenvalue weighted by molar-refractivity contribution is 6.39. The average Bonchev–Trinajstić information content (AvgIpc) is 3.53. The second kappa shape index (κ2) is 15.3. The van der Waals surface area contributed by atoms with E-state index in [1.54, 1.807) is 19.5 Å². The van der Waals surface area contributed by atoms with Crippen molar-refractivity contribution >= 4 is 23.2 Å². The number of hydrogen-bond donors (Lipinski definition) is 3. The van der Waals surface area contributed by atoms with E-state index in [0.29, 0.717) is 105 Å². The molecule has 6 rings (SSSR count). The first-order valence-corrected chi connectivity index (χ1v) is 17.0. The number of rotatable bonds is 12. The minimum atomic E-state index is -1.62. The van der Waals surface area contributed by atoms with Crippen LogP contribution < -0.4 is 20.1 Å². The lowest BCUT2D eigenvalue weighted by molar-refractivity contribution is -0.00446. The van der Waals surface area contributed by atoms with Gasteiger partial charge < -0.3 is 25.2 Å². The van der Waals surface area contributed by atoms with Crippen molar-refractivity contribution in [2.24, 2.45) is 0 Å². The average molecular weight is 709 g/mol. The van der Waals surface area contributed by atoms with E-state index in [4.69, 9.17) is 42.6 Å². The largest absolute Gasteiger partial charge is 0.480 e. The number of halogens is 3. The van der Waals surface area contributed by atoms with Crippen LogP contribution in [0.1, 0.15) is 37.1 Å². The van der Waals surface area contributed by atoms with Crippen LogP contribution in [0.15, 0.2) is 61.1 Å². The fourth-order valence-electron chi connectivity index (χ4n) is 6.44. The zero-order valence-corrected chi connectivity index (χ0v) is 29.1. The van der Waals surface area contributed by atoms with E-state index in [1.807, 2.05) is 41.3 Å². The van der Waals surface area contributed by atoms with Gasteiger partial charge in [0.1, 0.15) is 17.1 Å². The van der Waals surface area contributed by atoms with Gasteiger partial charge in [-0.3, -0.25) is 14.9 Å². The van der Waals surface area contributed by atoms with Crippen molar-refractivity contribution in [1.29, 1.82) is 0 Å². The van der Waals surface area contributed by atoms with E-state index < -0.39 is 12.3 Å². The fourth-order valence-corrected chi connectivity index (χ4v) is 7.09. The van der Waals surface area contributed by atoms with Crippen LogP contribution in [0.4, 0.5) is 4.39 Å². The lowest BCUT2D eigenvalue weighted by Crippen LogP contribution is -2.47. The van der Waals surface area contributed by atoms with Crippen LogP contribution in [0.5, 0.6) is 11.8 Å². The summed E-state index contributed by atoms with van der Waals surface area (Å²) in [5.74, 6) is 0.745. The van der Waals surface area contributed by atoms with E-state index in [0.717, 1.165) is 25.1 Å². The van der Waals surface area contributed by atoms with Gasteiger partial charge >= 0.3 is 0 Å². The molecule has 0 aliphatic carbocycles. The maximum absolute atomic E-state index is 14.8. The monoisotopic (exact) mass is 707 g/mol. The number of alkyl halides is 1. The third-order valence-electron chi connectivity index (χ3n) is 9.00. The number of benzene rings is 2. The number of hydrogen-bond acceptors (Lipinski definition) is 10. The Morgan fingerprint density at radius 2 is 1.57 bits per heavy atom. The number of allylic oxidation sites excluding steroid dienone is 1. The maximum atomic E-state index is 14.8. The summed E-state index contributed by atoms with van der Waals surface area (Å²) in [6.07, 6.45) is 6.37. The molecule has 2 aromatic carbocycles. The van der Waals surface area contributed by atoms with Crippen LogP contribution >= 0.6 is 23.2 Å². The van der Waals surface area contributed by atoms with Gasteiger partial charge in [0.05, 0.1) is 54.7 Å². The highest BCUT2D eigenvalue weighted by Crippen LogP contribution is 2.42. The molecule has 258 valence electrons. The molecule has 2 aliphatic rings. The molecule has 2 aromatic heterocycles. The molecule has 0 amide bonds. The number of piperidine rings is 1. The van der Waals surface area contributed by atoms with Crippen LogP contribution in [0.25, 0.3) is 33.6 Å². The third kappa shape index (κ3) is 7.81. The summed E-state index contributed by atoms with van der Waals surface area (Å²) < 4.78 is 26.0. The van der Waals surface area contributed by atoms with Crippen molar-refractivity contribution in [1.82, 2.24) is 35.5 Å². The number of nitrogens with zero attached hydrogens (tertiary/aromatic N) is 5. The molecule has 49 heavy (non-hydrogen) atoms. The van der Waals surface area contributed by atoms with Crippen molar-refractivity contribution in [3.05, 3.63) is 82.5 Å². The summed E-state index contributed by atoms with van der Waals surface area (Å²) in [5.41, 5.74) is 4.56. The standard InChI is InChI=1S/C36H40Cl2FN7O3/c1-22-11-12-23(43-22)15-40-16-30-34(48-2)44-28(17-41-30)26-9-4-7-24(32(26)37)25-8-5-10-27(33(25)38)29-18-42-31(35(45-29)49-3)19-46-14-6-13-36(39,20-46)21-47/h4-5,7-10,17-18,23,40,43,47H,1,6,11-16,19-21H2,2-3H3/t23-,36?/m0/s1. The predicted octanol–water partition coefficient (Wildman–Crippen LogP) is 6.24. The molecule has 0 bridgehead atoms. The molecule has 10 nitrogen and oxygen atoms in total. The normalized spacial score (nSPS) is 19.6. The van der Waals surface area contributed by atoms with Gasteiger partial charge in [-0.2, -0.15) is 0 Å². The molecule has 1 unspecified atom stereocenters. The summed E-state index contributed by atoms with van der Waals surface area (Å²) in [4.78, 5) is 20.7. The fraction of sp³-hybridized carbons (Fsp3) is 0.389. The number of aromatic nitrogens is 4. The highest BCUT2D eigenvalue weighted by Gasteiger charge is 2.35. The lowest BCUT2D eigenvalue weighted by Gasteiger charge is -2.36. The zero-order chi connectivity index (χ0) is 34.5. The number of likely N-dealkylation sites (tertiary alicyclic amines) is 1. The quantitative estimate of drug-likeness (QED) is 0.156. The Morgan fingerprint density at radius 1 is 0.980 bits per heavy atom. The molecule has 4 heterocycles. The van der Waals surface area contributed by atoms with Crippen molar-refractivity contribution in [2.45, 2.75) is 50.5 Å². The Bertz CT molecular complexity index is 1830. The highest BCUT2D eigenvalue weighted by atomic mass is 35.5. The van der Waals surface area contributed by atoms with Crippen molar-refractivity contribution < 1.29 is 19.0 Å². The minimum Gasteiger partial charge on any atom is -0.480 e. The van der Waals surface area contributed by atoms with Gasteiger partial charge in [-0.15, -0.1) is 0 Å². The Kier molecular flexibility index (Phi) is 11.0. The summed E-state index contributed by atoms with van der Waals surface area (Å²) in [7, 11) is 3.10. The Balaban J connectivity index is 1.23. The van der Waals surface area contributed by atoms with E-state index >= 15 is 0 Å². The summed E-state index contributed by atoms with van der Waals surface area (Å²) >= 11 is 14.1. The van der Waals surface area contributed by atoms with Gasteiger partial charge in [-0.1, -0.05) is 66.2 Å². The van der Waals surface area contributed by atoms with Gasteiger partial charge in [0.15, 0.2) is 0 Å². The molecule has 4 aromatic rings. The first kappa shape index (κ1) is 35.0. The van der Waals surface area contributed by atoms with Crippen molar-refractivity contribution in [3.63, 3.8) is 0 Å². The maximum Gasteiger partial charge on any atom is 0.237 e. The summed E-state index contributed by atoms with van der Waals surface area (Å²) in [6.45, 7) is 5.95. The van der Waals surface area contributed by atoms with E-state index in [1.165, 1.54) is 7.11 Å². The molecule has 2 saturated heterocycles. The molecule has 0 saturated carbocycles. The van der Waals surface area contributed by atoms with Crippen LogP contribution in [0.2, 0.25) is 10.0 Å². The summed E-state index contributed by atoms with van der Waals surface area (Å²) in [6, 6.07) is 11.7. The van der Waals surface area contributed by atoms with E-state index in [-0.39, 0.29) is 6.54 Å². The molecule has 2 aliphatic heterocycles. The second-order valence-electron chi connectivity index (χ2n) is 12.5. The Labute approximate surface area is 295 Å². The first-order chi connectivity index (χ1) is 23.7. The molecular formula is C36H40Cl2FN7O3. The molecule has 13 heteroatoms. The van der Waals surface area contributed by atoms with Gasteiger partial charge in [-0.05, 0) is 32.2 Å². The van der Waals surface area contributed by atoms with E-state index in [2.05, 4.69) is 27.2 Å². The van der Waals surface area contributed by atoms with Crippen LogP contribution in [-0.4, -0.2) is 82.1 Å². The molecule has 0 spiro atoms. The van der Waals surface area contributed by atoms with Crippen LogP contribution in [0, 0.1) is 0 Å². The van der Waals surface area contributed by atoms with Gasteiger partial charge in [0.2, 0.25) is 11.8 Å². The van der Waals surface area contributed by atoms with Crippen LogP contribution in [-0.2, 0) is 13.1 Å². The third-order valence-corrected chi connectivity index (χ3v) is 9.81. The summed E-state index contributed by atoms with van der Waals surface area (Å²) in [5, 5.41) is 17.2. The second-order valence-corrected chi connectivity index (χ2v) is 13.3. The van der Waals surface area contributed by atoms with E-state index in [9.17, 15) is 9.50 Å². The minimum absolute atomic E-state index is 0.124. The molecule has 0 radical (unpaired) electrons. The molecule has 2 atom stereocenters. The number of aliphatic hydroxyl groups excluding tert-OH is 1. The van der Waals surface area contributed by atoms with Crippen LogP contribution in [0.3, 0.4) is 0 Å². The SMILES string of the molecule is C=C1CC[C@@H](CNCc2ncc(-c3cccc(-c4cccc(-c5cnc(CN6CCCC(F)(CO)C6)c(OC)n5)c4Cl)c3Cl)nc2OC)N1. The Hall–Kier alpha value is -3.87. The Morgan fingerprint density at radius 3 is 2.14 bits per heavy atom. The number of aliphatic hydroxyl groups is 1. The number of nitrogens with one attached hydrogen (secondary N) is 2. The molecular weight excluding hydrogens is 668 g/mol. The van der Waals surface area contributed by atoms with Crippen molar-refractivity contribution in [3.8, 4) is 45.4 Å².